The predicted octanol–water partition coefficient (Wildman–Crippen LogP) is 3.77. The zero-order valence-corrected chi connectivity index (χ0v) is 12.9. The van der Waals surface area contributed by atoms with Gasteiger partial charge in [-0.2, -0.15) is 0 Å². The molecule has 1 fully saturated rings. The molecule has 2 atom stereocenters. The summed E-state index contributed by atoms with van der Waals surface area (Å²) in [6, 6.07) is 7.24. The van der Waals surface area contributed by atoms with Crippen LogP contribution in [0.5, 0.6) is 0 Å². The van der Waals surface area contributed by atoms with Gasteiger partial charge in [-0.05, 0) is 31.2 Å². The molecule has 1 heterocycles. The molecule has 1 saturated heterocycles. The predicted molar refractivity (Wildman–Crippen MR) is 80.5 cm³/mol. The first kappa shape index (κ1) is 14.5. The fourth-order valence-electron chi connectivity index (χ4n) is 2.89. The van der Waals surface area contributed by atoms with Crippen LogP contribution in [-0.4, -0.2) is 19.2 Å². The molecule has 0 aliphatic carbocycles. The maximum Gasteiger partial charge on any atom is 0.0949 e. The Morgan fingerprint density at radius 2 is 1.74 bits per heavy atom. The third-order valence-corrected chi connectivity index (χ3v) is 3.94. The number of hydrogen-bond donors (Lipinski definition) is 1. The van der Waals surface area contributed by atoms with Gasteiger partial charge in [-0.1, -0.05) is 50.1 Å². The van der Waals surface area contributed by atoms with E-state index in [1.807, 2.05) is 0 Å². The molecular weight excluding hydrogens is 234 g/mol. The molecule has 19 heavy (non-hydrogen) atoms. The molecule has 0 radical (unpaired) electrons. The van der Waals surface area contributed by atoms with Crippen LogP contribution in [0.2, 0.25) is 0 Å². The van der Waals surface area contributed by atoms with E-state index >= 15 is 0 Å². The molecule has 0 amide bonds. The van der Waals surface area contributed by atoms with E-state index in [1.54, 1.807) is 0 Å². The normalized spacial score (nSPS) is 25.1. The minimum Gasteiger partial charge on any atom is -0.372 e. The highest BCUT2D eigenvalue weighted by Crippen LogP contribution is 2.27. The van der Waals surface area contributed by atoms with Crippen molar-refractivity contribution in [3.05, 3.63) is 34.9 Å². The van der Waals surface area contributed by atoms with Crippen LogP contribution in [0.1, 0.15) is 50.0 Å². The lowest BCUT2D eigenvalue weighted by Gasteiger charge is -2.30. The standard InChI is InChI=1S/C17H27NO/c1-12-8-13(2)10-14(9-12)15-11-18-16(6-7-19-15)17(3,4)5/h8-10,15-16,18H,6-7,11H2,1-5H3. The first-order valence-electron chi connectivity index (χ1n) is 7.29. The molecule has 1 aliphatic rings. The minimum absolute atomic E-state index is 0.186. The largest absolute Gasteiger partial charge is 0.372 e. The molecule has 1 aromatic rings. The first-order chi connectivity index (χ1) is 8.86. The van der Waals surface area contributed by atoms with Crippen LogP contribution in [0, 0.1) is 19.3 Å². The first-order valence-corrected chi connectivity index (χ1v) is 7.29. The Morgan fingerprint density at radius 1 is 1.11 bits per heavy atom. The van der Waals surface area contributed by atoms with Crippen molar-refractivity contribution in [2.45, 2.75) is 53.2 Å². The summed E-state index contributed by atoms with van der Waals surface area (Å²) in [7, 11) is 0. The number of hydrogen-bond acceptors (Lipinski definition) is 2. The SMILES string of the molecule is Cc1cc(C)cc(C2CNC(C(C)(C)C)CCO2)c1. The van der Waals surface area contributed by atoms with Crippen molar-refractivity contribution in [2.24, 2.45) is 5.41 Å². The van der Waals surface area contributed by atoms with E-state index in [0.717, 1.165) is 19.6 Å². The summed E-state index contributed by atoms with van der Waals surface area (Å²) in [4.78, 5) is 0. The minimum atomic E-state index is 0.186. The van der Waals surface area contributed by atoms with E-state index in [-0.39, 0.29) is 6.10 Å². The quantitative estimate of drug-likeness (QED) is 0.831. The Hall–Kier alpha value is -0.860. The maximum absolute atomic E-state index is 6.06. The highest BCUT2D eigenvalue weighted by molar-refractivity contribution is 5.30. The van der Waals surface area contributed by atoms with E-state index < -0.39 is 0 Å². The molecule has 2 rings (SSSR count). The van der Waals surface area contributed by atoms with Crippen molar-refractivity contribution in [2.75, 3.05) is 13.2 Å². The third kappa shape index (κ3) is 3.80. The molecule has 2 unspecified atom stereocenters. The van der Waals surface area contributed by atoms with E-state index in [9.17, 15) is 0 Å². The zero-order valence-electron chi connectivity index (χ0n) is 12.9. The summed E-state index contributed by atoms with van der Waals surface area (Å²) in [5, 5.41) is 3.68. The van der Waals surface area contributed by atoms with Gasteiger partial charge in [0.25, 0.3) is 0 Å². The highest BCUT2D eigenvalue weighted by atomic mass is 16.5. The molecule has 0 bridgehead atoms. The smallest absolute Gasteiger partial charge is 0.0949 e. The van der Waals surface area contributed by atoms with E-state index in [4.69, 9.17) is 4.74 Å². The average molecular weight is 261 g/mol. The molecule has 1 aliphatic heterocycles. The summed E-state index contributed by atoms with van der Waals surface area (Å²) in [6.45, 7) is 12.9. The van der Waals surface area contributed by atoms with Gasteiger partial charge in [0.05, 0.1) is 6.10 Å². The number of rotatable bonds is 1. The van der Waals surface area contributed by atoms with Gasteiger partial charge < -0.3 is 10.1 Å². The number of aryl methyl sites for hydroxylation is 2. The Bertz CT molecular complexity index is 413. The van der Waals surface area contributed by atoms with Crippen molar-refractivity contribution >= 4 is 0 Å². The van der Waals surface area contributed by atoms with Gasteiger partial charge in [0.15, 0.2) is 0 Å². The van der Waals surface area contributed by atoms with Crippen molar-refractivity contribution in [1.29, 1.82) is 0 Å². The zero-order chi connectivity index (χ0) is 14.0. The second kappa shape index (κ2) is 5.64. The van der Waals surface area contributed by atoms with Gasteiger partial charge in [-0.25, -0.2) is 0 Å². The van der Waals surface area contributed by atoms with Gasteiger partial charge in [0.2, 0.25) is 0 Å². The van der Waals surface area contributed by atoms with Gasteiger partial charge in [0.1, 0.15) is 0 Å². The number of ether oxygens (including phenoxy) is 1. The lowest BCUT2D eigenvalue weighted by Crippen LogP contribution is -2.40. The van der Waals surface area contributed by atoms with Gasteiger partial charge >= 0.3 is 0 Å². The van der Waals surface area contributed by atoms with E-state index in [0.29, 0.717) is 11.5 Å². The molecule has 0 saturated carbocycles. The summed E-state index contributed by atoms with van der Waals surface area (Å²) in [6.07, 6.45) is 1.27. The van der Waals surface area contributed by atoms with Crippen molar-refractivity contribution < 1.29 is 4.74 Å². The van der Waals surface area contributed by atoms with Gasteiger partial charge in [0, 0.05) is 19.2 Å². The Morgan fingerprint density at radius 3 is 2.32 bits per heavy atom. The van der Waals surface area contributed by atoms with Crippen LogP contribution in [0.25, 0.3) is 0 Å². The summed E-state index contributed by atoms with van der Waals surface area (Å²) >= 11 is 0. The van der Waals surface area contributed by atoms with E-state index in [1.165, 1.54) is 16.7 Å². The topological polar surface area (TPSA) is 21.3 Å². The van der Waals surface area contributed by atoms with Gasteiger partial charge in [-0.15, -0.1) is 0 Å². The van der Waals surface area contributed by atoms with Crippen molar-refractivity contribution in [3.8, 4) is 0 Å². The average Bonchev–Trinajstić information content (AvgIpc) is 2.52. The second-order valence-corrected chi connectivity index (χ2v) is 6.90. The van der Waals surface area contributed by atoms with Gasteiger partial charge in [-0.3, -0.25) is 0 Å². The fraction of sp³-hybridized carbons (Fsp3) is 0.647. The Kier molecular flexibility index (Phi) is 4.32. The van der Waals surface area contributed by atoms with Crippen molar-refractivity contribution in [3.63, 3.8) is 0 Å². The van der Waals surface area contributed by atoms with Crippen LogP contribution in [0.4, 0.5) is 0 Å². The van der Waals surface area contributed by atoms with Crippen LogP contribution < -0.4 is 5.32 Å². The lowest BCUT2D eigenvalue weighted by atomic mass is 9.85. The van der Waals surface area contributed by atoms with Crippen LogP contribution in [0.15, 0.2) is 18.2 Å². The molecule has 0 spiro atoms. The molecule has 1 N–H and O–H groups in total. The lowest BCUT2D eigenvalue weighted by molar-refractivity contribution is 0.0653. The summed E-state index contributed by atoms with van der Waals surface area (Å²) in [5.74, 6) is 0. The number of nitrogens with one attached hydrogen (secondary N) is 1. The Labute approximate surface area is 117 Å². The highest BCUT2D eigenvalue weighted by Gasteiger charge is 2.28. The molecule has 2 nitrogen and oxygen atoms in total. The monoisotopic (exact) mass is 261 g/mol. The molecule has 2 heteroatoms. The molecular formula is C17H27NO. The van der Waals surface area contributed by atoms with E-state index in [2.05, 4.69) is 58.1 Å². The van der Waals surface area contributed by atoms with Crippen molar-refractivity contribution in [1.82, 2.24) is 5.32 Å². The number of benzene rings is 1. The van der Waals surface area contributed by atoms with Crippen LogP contribution in [-0.2, 0) is 4.74 Å². The van der Waals surface area contributed by atoms with Crippen LogP contribution in [0.3, 0.4) is 0 Å². The molecule has 1 aromatic carbocycles. The Balaban J connectivity index is 2.11. The second-order valence-electron chi connectivity index (χ2n) is 6.90. The molecule has 106 valence electrons. The third-order valence-electron chi connectivity index (χ3n) is 3.94. The molecule has 0 aromatic heterocycles. The fourth-order valence-corrected chi connectivity index (χ4v) is 2.89. The summed E-state index contributed by atoms with van der Waals surface area (Å²) < 4.78 is 6.06. The maximum atomic E-state index is 6.06. The van der Waals surface area contributed by atoms with Crippen LogP contribution >= 0.6 is 0 Å². The summed E-state index contributed by atoms with van der Waals surface area (Å²) in [5.41, 5.74) is 4.23.